The minimum Gasteiger partial charge on any atom is -0.494 e. The first kappa shape index (κ1) is 21.9. The van der Waals surface area contributed by atoms with Crippen molar-refractivity contribution in [3.63, 3.8) is 0 Å². The first-order valence-electron chi connectivity index (χ1n) is 9.68. The molecule has 0 saturated carbocycles. The lowest BCUT2D eigenvalue weighted by molar-refractivity contribution is 0.243. The normalized spacial score (nSPS) is 12.2. The predicted octanol–water partition coefficient (Wildman–Crippen LogP) is 4.67. The Bertz CT molecular complexity index is 1210. The molecule has 1 aromatic heterocycles. The molecule has 0 aliphatic rings. The maximum absolute atomic E-state index is 13.0. The maximum Gasteiger partial charge on any atom is 0.231 e. The highest BCUT2D eigenvalue weighted by molar-refractivity contribution is 7.92. The molecule has 0 fully saturated rings. The minimum atomic E-state index is -3.40. The largest absolute Gasteiger partial charge is 0.494 e. The molecule has 0 bridgehead atoms. The Morgan fingerprint density at radius 2 is 1.73 bits per heavy atom. The molecule has 0 spiro atoms. The van der Waals surface area contributed by atoms with Crippen molar-refractivity contribution >= 4 is 26.7 Å². The number of rotatable bonds is 6. The van der Waals surface area contributed by atoms with Gasteiger partial charge in [-0.1, -0.05) is 32.9 Å². The fraction of sp³-hybridized carbons (Fsp3) is 0.348. The van der Waals surface area contributed by atoms with Gasteiger partial charge in [0.05, 0.1) is 29.5 Å². The SMILES string of the molecule is CN(c1ccc2c(=O)c(-c3ccc(OCCC(C)(C)C)cc3)coc2c1)S(C)(=O)=O. The van der Waals surface area contributed by atoms with E-state index in [0.29, 0.717) is 28.8 Å². The smallest absolute Gasteiger partial charge is 0.231 e. The van der Waals surface area contributed by atoms with Gasteiger partial charge in [-0.3, -0.25) is 9.10 Å². The van der Waals surface area contributed by atoms with Crippen LogP contribution in [0.15, 0.2) is 57.9 Å². The summed E-state index contributed by atoms with van der Waals surface area (Å²) in [5.41, 5.74) is 1.96. The summed E-state index contributed by atoms with van der Waals surface area (Å²) >= 11 is 0. The molecular weight excluding hydrogens is 402 g/mol. The Hall–Kier alpha value is -2.80. The number of ether oxygens (including phenoxy) is 1. The third-order valence-electron chi connectivity index (χ3n) is 4.91. The Labute approximate surface area is 177 Å². The lowest BCUT2D eigenvalue weighted by Gasteiger charge is -2.18. The third kappa shape index (κ3) is 5.02. The highest BCUT2D eigenvalue weighted by Gasteiger charge is 2.15. The van der Waals surface area contributed by atoms with E-state index in [4.69, 9.17) is 9.15 Å². The van der Waals surface area contributed by atoms with E-state index in [1.54, 1.807) is 18.2 Å². The summed E-state index contributed by atoms with van der Waals surface area (Å²) in [6, 6.07) is 12.1. The van der Waals surface area contributed by atoms with Gasteiger partial charge in [0, 0.05) is 13.1 Å². The molecular formula is C23H27NO5S. The van der Waals surface area contributed by atoms with Gasteiger partial charge in [0.1, 0.15) is 17.6 Å². The zero-order valence-corrected chi connectivity index (χ0v) is 18.7. The molecule has 0 N–H and O–H groups in total. The number of sulfonamides is 1. The molecule has 0 amide bonds. The van der Waals surface area contributed by atoms with Gasteiger partial charge in [0.25, 0.3) is 0 Å². The highest BCUT2D eigenvalue weighted by atomic mass is 32.2. The number of hydrogen-bond acceptors (Lipinski definition) is 5. The van der Waals surface area contributed by atoms with E-state index in [1.807, 2.05) is 24.3 Å². The van der Waals surface area contributed by atoms with Gasteiger partial charge in [-0.25, -0.2) is 8.42 Å². The second kappa shape index (κ2) is 8.14. The molecule has 0 aliphatic heterocycles. The van der Waals surface area contributed by atoms with Crippen LogP contribution in [-0.2, 0) is 10.0 Å². The standard InChI is InChI=1S/C23H27NO5S/c1-23(2,3)12-13-28-18-9-6-16(7-10-18)20-15-29-21-14-17(24(4)30(5,26)27)8-11-19(21)22(20)25/h6-11,14-15H,12-13H2,1-5H3. The quantitative estimate of drug-likeness (QED) is 0.569. The van der Waals surface area contributed by atoms with Crippen LogP contribution >= 0.6 is 0 Å². The lowest BCUT2D eigenvalue weighted by Crippen LogP contribution is -2.24. The molecule has 0 radical (unpaired) electrons. The fourth-order valence-electron chi connectivity index (χ4n) is 2.91. The molecule has 0 aliphatic carbocycles. The average molecular weight is 430 g/mol. The summed E-state index contributed by atoms with van der Waals surface area (Å²) in [4.78, 5) is 13.0. The van der Waals surface area contributed by atoms with Gasteiger partial charge in [-0.05, 0) is 41.7 Å². The fourth-order valence-corrected chi connectivity index (χ4v) is 3.41. The van der Waals surface area contributed by atoms with Gasteiger partial charge in [0.2, 0.25) is 10.0 Å². The molecule has 6 nitrogen and oxygen atoms in total. The van der Waals surface area contributed by atoms with Gasteiger partial charge in [0.15, 0.2) is 5.43 Å². The van der Waals surface area contributed by atoms with Gasteiger partial charge in [-0.2, -0.15) is 0 Å². The predicted molar refractivity (Wildman–Crippen MR) is 121 cm³/mol. The van der Waals surface area contributed by atoms with Crippen molar-refractivity contribution < 1.29 is 17.6 Å². The van der Waals surface area contributed by atoms with E-state index in [-0.39, 0.29) is 10.8 Å². The molecule has 3 aromatic rings. The second-order valence-corrected chi connectivity index (χ2v) is 10.6. The third-order valence-corrected chi connectivity index (χ3v) is 6.11. The van der Waals surface area contributed by atoms with Crippen molar-refractivity contribution in [2.24, 2.45) is 5.41 Å². The van der Waals surface area contributed by atoms with E-state index in [1.165, 1.54) is 13.3 Å². The number of benzene rings is 2. The zero-order valence-electron chi connectivity index (χ0n) is 17.9. The maximum atomic E-state index is 13.0. The molecule has 30 heavy (non-hydrogen) atoms. The summed E-state index contributed by atoms with van der Waals surface area (Å²) in [5.74, 6) is 0.752. The lowest BCUT2D eigenvalue weighted by atomic mass is 9.93. The van der Waals surface area contributed by atoms with E-state index in [2.05, 4.69) is 20.8 Å². The average Bonchev–Trinajstić information content (AvgIpc) is 2.66. The van der Waals surface area contributed by atoms with E-state index in [9.17, 15) is 13.2 Å². The van der Waals surface area contributed by atoms with E-state index >= 15 is 0 Å². The molecule has 1 heterocycles. The minimum absolute atomic E-state index is 0.175. The van der Waals surface area contributed by atoms with E-state index in [0.717, 1.165) is 28.3 Å². The van der Waals surface area contributed by atoms with Crippen molar-refractivity contribution in [1.29, 1.82) is 0 Å². The molecule has 3 rings (SSSR count). The van der Waals surface area contributed by atoms with Crippen LogP contribution in [0.4, 0.5) is 5.69 Å². The molecule has 0 unspecified atom stereocenters. The van der Waals surface area contributed by atoms with Crippen LogP contribution in [0.2, 0.25) is 0 Å². The second-order valence-electron chi connectivity index (χ2n) is 8.57. The van der Waals surface area contributed by atoms with Crippen LogP contribution in [-0.4, -0.2) is 28.3 Å². The number of nitrogens with zero attached hydrogens (tertiary/aromatic N) is 1. The molecule has 0 atom stereocenters. The van der Waals surface area contributed by atoms with Crippen molar-refractivity contribution in [3.8, 4) is 16.9 Å². The summed E-state index contributed by atoms with van der Waals surface area (Å²) in [5, 5.41) is 0.392. The van der Waals surface area contributed by atoms with E-state index < -0.39 is 10.0 Å². The topological polar surface area (TPSA) is 76.8 Å². The molecule has 2 aromatic carbocycles. The van der Waals surface area contributed by atoms with Gasteiger partial charge >= 0.3 is 0 Å². The van der Waals surface area contributed by atoms with Crippen LogP contribution in [0, 0.1) is 5.41 Å². The monoisotopic (exact) mass is 429 g/mol. The summed E-state index contributed by atoms with van der Waals surface area (Å²) in [6.07, 6.45) is 3.47. The first-order valence-corrected chi connectivity index (χ1v) is 11.5. The van der Waals surface area contributed by atoms with Gasteiger partial charge < -0.3 is 9.15 Å². The Morgan fingerprint density at radius 1 is 1.07 bits per heavy atom. The molecule has 7 heteroatoms. The highest BCUT2D eigenvalue weighted by Crippen LogP contribution is 2.26. The molecule has 160 valence electrons. The van der Waals surface area contributed by atoms with Gasteiger partial charge in [-0.15, -0.1) is 0 Å². The van der Waals surface area contributed by atoms with Crippen LogP contribution in [0.25, 0.3) is 22.1 Å². The van der Waals surface area contributed by atoms with Crippen LogP contribution < -0.4 is 14.5 Å². The number of fused-ring (bicyclic) bond motifs is 1. The first-order chi connectivity index (χ1) is 14.0. The Balaban J connectivity index is 1.86. The Kier molecular flexibility index (Phi) is 5.94. The number of hydrogen-bond donors (Lipinski definition) is 0. The summed E-state index contributed by atoms with van der Waals surface area (Å²) < 4.78 is 36.1. The van der Waals surface area contributed by atoms with Crippen LogP contribution in [0.5, 0.6) is 5.75 Å². The summed E-state index contributed by atoms with van der Waals surface area (Å²) in [7, 11) is -1.95. The Morgan fingerprint density at radius 3 is 2.33 bits per heavy atom. The van der Waals surface area contributed by atoms with Crippen molar-refractivity contribution in [2.45, 2.75) is 27.2 Å². The van der Waals surface area contributed by atoms with Crippen molar-refractivity contribution in [2.75, 3.05) is 24.2 Å². The van der Waals surface area contributed by atoms with Crippen molar-refractivity contribution in [1.82, 2.24) is 0 Å². The number of anilines is 1. The molecule has 0 saturated heterocycles. The zero-order chi connectivity index (χ0) is 22.1. The summed E-state index contributed by atoms with van der Waals surface area (Å²) in [6.45, 7) is 7.13. The van der Waals surface area contributed by atoms with Crippen LogP contribution in [0.1, 0.15) is 27.2 Å². The van der Waals surface area contributed by atoms with Crippen LogP contribution in [0.3, 0.4) is 0 Å². The van der Waals surface area contributed by atoms with Crippen molar-refractivity contribution in [3.05, 3.63) is 59.0 Å².